The predicted octanol–water partition coefficient (Wildman–Crippen LogP) is 0.940. The lowest BCUT2D eigenvalue weighted by Crippen LogP contribution is -2.30. The quantitative estimate of drug-likeness (QED) is 0.417. The van der Waals surface area contributed by atoms with Crippen molar-refractivity contribution in [2.24, 2.45) is 0 Å². The highest BCUT2D eigenvalue weighted by Gasteiger charge is 2.01. The molecule has 3 heteroatoms. The minimum Gasteiger partial charge on any atom is -0.389 e. The van der Waals surface area contributed by atoms with E-state index in [9.17, 15) is 5.11 Å². The monoisotopic (exact) mass is 187 g/mol. The lowest BCUT2D eigenvalue weighted by molar-refractivity contribution is 0.0364. The van der Waals surface area contributed by atoms with Crippen LogP contribution in [0.25, 0.3) is 0 Å². The first-order valence-corrected chi connectivity index (χ1v) is 4.88. The van der Waals surface area contributed by atoms with Gasteiger partial charge in [-0.3, -0.25) is 0 Å². The average Bonchev–Trinajstić information content (AvgIpc) is 2.13. The molecule has 0 aromatic carbocycles. The standard InChI is InChI=1S/C10H21NO2/c1-3-5-7-13-9-10(12)8-11-6-4-2/h4,10-12H,2-3,5-9H2,1H3/t10-/m1/s1. The molecule has 0 unspecified atom stereocenters. The van der Waals surface area contributed by atoms with Gasteiger partial charge in [0.2, 0.25) is 0 Å². The van der Waals surface area contributed by atoms with Crippen LogP contribution in [0, 0.1) is 0 Å². The number of aliphatic hydroxyl groups is 1. The zero-order valence-electron chi connectivity index (χ0n) is 8.46. The topological polar surface area (TPSA) is 41.5 Å². The van der Waals surface area contributed by atoms with Gasteiger partial charge in [0, 0.05) is 19.7 Å². The van der Waals surface area contributed by atoms with E-state index in [2.05, 4.69) is 18.8 Å². The Morgan fingerprint density at radius 2 is 2.38 bits per heavy atom. The third-order valence-electron chi connectivity index (χ3n) is 1.62. The highest BCUT2D eigenvalue weighted by molar-refractivity contribution is 4.71. The van der Waals surface area contributed by atoms with Crippen molar-refractivity contribution in [1.82, 2.24) is 5.32 Å². The maximum atomic E-state index is 9.35. The van der Waals surface area contributed by atoms with Gasteiger partial charge in [-0.2, -0.15) is 0 Å². The van der Waals surface area contributed by atoms with Crippen molar-refractivity contribution in [2.45, 2.75) is 25.9 Å². The van der Waals surface area contributed by atoms with Gasteiger partial charge in [0.05, 0.1) is 12.7 Å². The van der Waals surface area contributed by atoms with Crippen molar-refractivity contribution in [1.29, 1.82) is 0 Å². The molecule has 0 fully saturated rings. The summed E-state index contributed by atoms with van der Waals surface area (Å²) in [6.45, 7) is 8.15. The molecule has 0 aromatic heterocycles. The Labute approximate surface area is 80.8 Å². The molecule has 0 spiro atoms. The van der Waals surface area contributed by atoms with E-state index < -0.39 is 6.10 Å². The van der Waals surface area contributed by atoms with Crippen molar-refractivity contribution >= 4 is 0 Å². The Morgan fingerprint density at radius 1 is 1.62 bits per heavy atom. The molecule has 0 saturated carbocycles. The van der Waals surface area contributed by atoms with E-state index in [0.717, 1.165) is 26.0 Å². The van der Waals surface area contributed by atoms with Crippen molar-refractivity contribution in [3.63, 3.8) is 0 Å². The van der Waals surface area contributed by atoms with Crippen LogP contribution in [-0.4, -0.2) is 37.5 Å². The molecule has 3 nitrogen and oxygen atoms in total. The number of hydrogen-bond acceptors (Lipinski definition) is 3. The van der Waals surface area contributed by atoms with Gasteiger partial charge < -0.3 is 15.2 Å². The van der Waals surface area contributed by atoms with Crippen LogP contribution in [0.15, 0.2) is 12.7 Å². The molecule has 0 aliphatic carbocycles. The summed E-state index contributed by atoms with van der Waals surface area (Å²) < 4.78 is 5.25. The first-order valence-electron chi connectivity index (χ1n) is 4.88. The Kier molecular flexibility index (Phi) is 9.42. The summed E-state index contributed by atoms with van der Waals surface area (Å²) in [5, 5.41) is 12.4. The molecule has 13 heavy (non-hydrogen) atoms. The van der Waals surface area contributed by atoms with Gasteiger partial charge in [-0.1, -0.05) is 19.4 Å². The lowest BCUT2D eigenvalue weighted by atomic mass is 10.3. The smallest absolute Gasteiger partial charge is 0.0897 e. The second-order valence-electron chi connectivity index (χ2n) is 3.03. The molecule has 0 amide bonds. The molecule has 0 aromatic rings. The second kappa shape index (κ2) is 9.71. The van der Waals surface area contributed by atoms with E-state index in [4.69, 9.17) is 4.74 Å². The van der Waals surface area contributed by atoms with E-state index in [1.807, 2.05) is 0 Å². The van der Waals surface area contributed by atoms with E-state index in [1.165, 1.54) is 0 Å². The number of ether oxygens (including phenoxy) is 1. The second-order valence-corrected chi connectivity index (χ2v) is 3.03. The normalized spacial score (nSPS) is 12.8. The number of rotatable bonds is 9. The molecule has 0 radical (unpaired) electrons. The Hall–Kier alpha value is -0.380. The summed E-state index contributed by atoms with van der Waals surface area (Å²) in [4.78, 5) is 0. The molecule has 78 valence electrons. The van der Waals surface area contributed by atoms with Crippen LogP contribution in [-0.2, 0) is 4.74 Å². The minimum atomic E-state index is -0.406. The molecular formula is C10H21NO2. The maximum absolute atomic E-state index is 9.35. The van der Waals surface area contributed by atoms with Gasteiger partial charge in [-0.05, 0) is 6.42 Å². The van der Waals surface area contributed by atoms with Gasteiger partial charge in [0.1, 0.15) is 0 Å². The molecule has 0 heterocycles. The highest BCUT2D eigenvalue weighted by Crippen LogP contribution is 1.89. The average molecular weight is 187 g/mol. The molecule has 0 bridgehead atoms. The van der Waals surface area contributed by atoms with Gasteiger partial charge in [0.15, 0.2) is 0 Å². The first kappa shape index (κ1) is 12.6. The third kappa shape index (κ3) is 9.53. The Bertz CT molecular complexity index is 117. The van der Waals surface area contributed by atoms with Crippen LogP contribution in [0.4, 0.5) is 0 Å². The van der Waals surface area contributed by atoms with Gasteiger partial charge in [-0.25, -0.2) is 0 Å². The SMILES string of the molecule is C=CCNC[C@@H](O)COCCCC. The van der Waals surface area contributed by atoms with E-state index in [-0.39, 0.29) is 0 Å². The maximum Gasteiger partial charge on any atom is 0.0897 e. The summed E-state index contributed by atoms with van der Waals surface area (Å²) in [5.41, 5.74) is 0. The summed E-state index contributed by atoms with van der Waals surface area (Å²) in [7, 11) is 0. The predicted molar refractivity (Wildman–Crippen MR) is 54.8 cm³/mol. The largest absolute Gasteiger partial charge is 0.389 e. The molecule has 0 aliphatic rings. The molecule has 0 rings (SSSR count). The minimum absolute atomic E-state index is 0.406. The molecule has 0 aliphatic heterocycles. The van der Waals surface area contributed by atoms with Gasteiger partial charge in [-0.15, -0.1) is 6.58 Å². The Balaban J connectivity index is 3.09. The fourth-order valence-electron chi connectivity index (χ4n) is 0.877. The van der Waals surface area contributed by atoms with E-state index in [1.54, 1.807) is 6.08 Å². The van der Waals surface area contributed by atoms with Gasteiger partial charge in [0.25, 0.3) is 0 Å². The van der Waals surface area contributed by atoms with Crippen LogP contribution in [0.5, 0.6) is 0 Å². The van der Waals surface area contributed by atoms with Crippen molar-refractivity contribution < 1.29 is 9.84 Å². The highest BCUT2D eigenvalue weighted by atomic mass is 16.5. The number of hydrogen-bond donors (Lipinski definition) is 2. The van der Waals surface area contributed by atoms with Crippen LogP contribution in [0.3, 0.4) is 0 Å². The van der Waals surface area contributed by atoms with Gasteiger partial charge >= 0.3 is 0 Å². The number of aliphatic hydroxyl groups excluding tert-OH is 1. The van der Waals surface area contributed by atoms with E-state index in [0.29, 0.717) is 13.2 Å². The zero-order valence-corrected chi connectivity index (χ0v) is 8.46. The summed E-state index contributed by atoms with van der Waals surface area (Å²) in [5.74, 6) is 0. The van der Waals surface area contributed by atoms with E-state index >= 15 is 0 Å². The molecule has 0 saturated heterocycles. The number of unbranched alkanes of at least 4 members (excludes halogenated alkanes) is 1. The fraction of sp³-hybridized carbons (Fsp3) is 0.800. The zero-order chi connectivity index (χ0) is 9.94. The lowest BCUT2D eigenvalue weighted by Gasteiger charge is -2.10. The Morgan fingerprint density at radius 3 is 3.00 bits per heavy atom. The van der Waals surface area contributed by atoms with Crippen LogP contribution in [0.2, 0.25) is 0 Å². The van der Waals surface area contributed by atoms with Crippen LogP contribution in [0.1, 0.15) is 19.8 Å². The number of nitrogens with one attached hydrogen (secondary N) is 1. The van der Waals surface area contributed by atoms with Crippen molar-refractivity contribution in [3.05, 3.63) is 12.7 Å². The summed E-state index contributed by atoms with van der Waals surface area (Å²) in [6.07, 6.45) is 3.55. The fourth-order valence-corrected chi connectivity index (χ4v) is 0.877. The molecule has 2 N–H and O–H groups in total. The van der Waals surface area contributed by atoms with Crippen molar-refractivity contribution in [3.8, 4) is 0 Å². The summed E-state index contributed by atoms with van der Waals surface area (Å²) >= 11 is 0. The van der Waals surface area contributed by atoms with Crippen molar-refractivity contribution in [2.75, 3.05) is 26.3 Å². The van der Waals surface area contributed by atoms with Crippen LogP contribution >= 0.6 is 0 Å². The molecular weight excluding hydrogens is 166 g/mol. The first-order chi connectivity index (χ1) is 6.31. The third-order valence-corrected chi connectivity index (χ3v) is 1.62. The van der Waals surface area contributed by atoms with Crippen LogP contribution < -0.4 is 5.32 Å². The summed E-state index contributed by atoms with van der Waals surface area (Å²) in [6, 6.07) is 0. The molecule has 1 atom stereocenters.